The molecule has 0 unspecified atom stereocenters. The lowest BCUT2D eigenvalue weighted by Gasteiger charge is -2.19. The maximum Gasteiger partial charge on any atom is 0.297 e. The van der Waals surface area contributed by atoms with Gasteiger partial charge in [0.05, 0.1) is 35.2 Å². The predicted molar refractivity (Wildman–Crippen MR) is 109 cm³/mol. The predicted octanol–water partition coefficient (Wildman–Crippen LogP) is 3.21. The van der Waals surface area contributed by atoms with Gasteiger partial charge in [-0.3, -0.25) is 8.37 Å². The minimum atomic E-state index is -3.89. The number of ether oxygens (including phenoxy) is 1. The quantitative estimate of drug-likeness (QED) is 0.521. The lowest BCUT2D eigenvalue weighted by atomic mass is 10.2. The van der Waals surface area contributed by atoms with Crippen LogP contribution < -0.4 is 0 Å². The standard InChI is InChI=1S/C20H26O7S2/c1-15-5-9-19(10-6-15)28(21,22)25-13-17(3)27-18(4)14-26-29(23,24)20-11-7-16(2)8-12-20/h5-12,17-18H,13-14H2,1-4H3/t17-,18-/m1/s1. The van der Waals surface area contributed by atoms with Crippen molar-refractivity contribution in [3.05, 3.63) is 59.7 Å². The van der Waals surface area contributed by atoms with Crippen molar-refractivity contribution >= 4 is 20.2 Å². The fraction of sp³-hybridized carbons (Fsp3) is 0.400. The van der Waals surface area contributed by atoms with Crippen molar-refractivity contribution in [2.45, 2.75) is 49.7 Å². The first-order valence-electron chi connectivity index (χ1n) is 9.07. The molecule has 29 heavy (non-hydrogen) atoms. The summed E-state index contributed by atoms with van der Waals surface area (Å²) in [7, 11) is -7.78. The first-order valence-corrected chi connectivity index (χ1v) is 11.9. The highest BCUT2D eigenvalue weighted by Gasteiger charge is 2.20. The second-order valence-electron chi connectivity index (χ2n) is 6.86. The Hall–Kier alpha value is -1.78. The van der Waals surface area contributed by atoms with Gasteiger partial charge in [0.2, 0.25) is 0 Å². The summed E-state index contributed by atoms with van der Waals surface area (Å²) >= 11 is 0. The van der Waals surface area contributed by atoms with Crippen LogP contribution in [0.15, 0.2) is 58.3 Å². The van der Waals surface area contributed by atoms with Gasteiger partial charge in [-0.25, -0.2) is 0 Å². The lowest BCUT2D eigenvalue weighted by Crippen LogP contribution is -2.27. The maximum atomic E-state index is 12.2. The molecule has 0 N–H and O–H groups in total. The minimum absolute atomic E-state index is 0.0656. The summed E-state index contributed by atoms with van der Waals surface area (Å²) in [6.45, 7) is 6.58. The molecule has 0 radical (unpaired) electrons. The Balaban J connectivity index is 1.83. The summed E-state index contributed by atoms with van der Waals surface area (Å²) in [5.74, 6) is 0. The first kappa shape index (κ1) is 23.5. The van der Waals surface area contributed by atoms with E-state index in [9.17, 15) is 16.8 Å². The fourth-order valence-electron chi connectivity index (χ4n) is 2.39. The van der Waals surface area contributed by atoms with Gasteiger partial charge in [0.1, 0.15) is 0 Å². The van der Waals surface area contributed by atoms with Gasteiger partial charge in [0, 0.05) is 0 Å². The number of benzene rings is 2. The molecule has 0 saturated heterocycles. The molecule has 0 fully saturated rings. The Morgan fingerprint density at radius 1 is 0.655 bits per heavy atom. The van der Waals surface area contributed by atoms with Gasteiger partial charge in [-0.1, -0.05) is 35.4 Å². The van der Waals surface area contributed by atoms with Crippen LogP contribution in [0, 0.1) is 13.8 Å². The molecule has 0 aromatic heterocycles. The molecule has 0 heterocycles. The Labute approximate surface area is 172 Å². The largest absolute Gasteiger partial charge is 0.371 e. The average molecular weight is 443 g/mol. The van der Waals surface area contributed by atoms with Gasteiger partial charge in [-0.2, -0.15) is 16.8 Å². The lowest BCUT2D eigenvalue weighted by molar-refractivity contribution is -0.0318. The van der Waals surface area contributed by atoms with Crippen molar-refractivity contribution in [2.75, 3.05) is 13.2 Å². The maximum absolute atomic E-state index is 12.2. The van der Waals surface area contributed by atoms with E-state index in [0.717, 1.165) is 11.1 Å². The molecule has 2 rings (SSSR count). The summed E-state index contributed by atoms with van der Waals surface area (Å²) in [4.78, 5) is 0.131. The molecule has 7 nitrogen and oxygen atoms in total. The van der Waals surface area contributed by atoms with Gasteiger partial charge < -0.3 is 4.74 Å². The van der Waals surface area contributed by atoms with E-state index >= 15 is 0 Å². The van der Waals surface area contributed by atoms with Crippen molar-refractivity contribution in [1.82, 2.24) is 0 Å². The van der Waals surface area contributed by atoms with Gasteiger partial charge in [0.25, 0.3) is 20.2 Å². The van der Waals surface area contributed by atoms with Crippen molar-refractivity contribution < 1.29 is 29.9 Å². The van der Waals surface area contributed by atoms with E-state index in [-0.39, 0.29) is 23.0 Å². The van der Waals surface area contributed by atoms with Gasteiger partial charge >= 0.3 is 0 Å². The van der Waals surface area contributed by atoms with Crippen LogP contribution in [0.25, 0.3) is 0 Å². The van der Waals surface area contributed by atoms with Crippen LogP contribution >= 0.6 is 0 Å². The Morgan fingerprint density at radius 3 is 1.28 bits per heavy atom. The number of rotatable bonds is 10. The SMILES string of the molecule is Cc1ccc(S(=O)(=O)OC[C@@H](C)O[C@H](C)COS(=O)(=O)c2ccc(C)cc2)cc1. The summed E-state index contributed by atoms with van der Waals surface area (Å²) in [5.41, 5.74) is 1.88. The first-order chi connectivity index (χ1) is 13.5. The smallest absolute Gasteiger partial charge is 0.297 e. The van der Waals surface area contributed by atoms with Gasteiger partial charge in [0.15, 0.2) is 0 Å². The Bertz CT molecular complexity index is 912. The average Bonchev–Trinajstić information content (AvgIpc) is 2.66. The third kappa shape index (κ3) is 7.20. The highest BCUT2D eigenvalue weighted by molar-refractivity contribution is 7.87. The monoisotopic (exact) mass is 442 g/mol. The van der Waals surface area contributed by atoms with Crippen LogP contribution in [0.4, 0.5) is 0 Å². The topological polar surface area (TPSA) is 96.0 Å². The van der Waals surface area contributed by atoms with E-state index in [2.05, 4.69) is 0 Å². The van der Waals surface area contributed by atoms with Crippen LogP contribution in [-0.2, 0) is 33.3 Å². The fourth-order valence-corrected chi connectivity index (χ4v) is 4.34. The van der Waals surface area contributed by atoms with E-state index < -0.39 is 32.4 Å². The molecule has 160 valence electrons. The summed E-state index contributed by atoms with van der Waals surface area (Å²) in [6, 6.07) is 12.6. The molecule has 0 bridgehead atoms. The molecule has 2 atom stereocenters. The highest BCUT2D eigenvalue weighted by Crippen LogP contribution is 2.16. The molecule has 0 aliphatic carbocycles. The molecular formula is C20H26O7S2. The Morgan fingerprint density at radius 2 is 0.966 bits per heavy atom. The summed E-state index contributed by atoms with van der Waals surface area (Å²) < 4.78 is 64.4. The van der Waals surface area contributed by atoms with Gasteiger partial charge in [-0.15, -0.1) is 0 Å². The summed E-state index contributed by atoms with van der Waals surface area (Å²) in [6.07, 6.45) is -1.17. The minimum Gasteiger partial charge on any atom is -0.371 e. The molecule has 0 aliphatic heterocycles. The van der Waals surface area contributed by atoms with Crippen LogP contribution in [0.1, 0.15) is 25.0 Å². The molecule has 0 spiro atoms. The van der Waals surface area contributed by atoms with Crippen LogP contribution in [0.5, 0.6) is 0 Å². The zero-order valence-corrected chi connectivity index (χ0v) is 18.5. The van der Waals surface area contributed by atoms with Crippen LogP contribution in [-0.4, -0.2) is 42.3 Å². The molecule has 2 aromatic carbocycles. The van der Waals surface area contributed by atoms with Crippen molar-refractivity contribution in [3.8, 4) is 0 Å². The number of aryl methyl sites for hydroxylation is 2. The molecule has 0 aliphatic rings. The summed E-state index contributed by atoms with van der Waals surface area (Å²) in [5, 5.41) is 0. The van der Waals surface area contributed by atoms with Crippen molar-refractivity contribution in [3.63, 3.8) is 0 Å². The van der Waals surface area contributed by atoms with Crippen molar-refractivity contribution in [1.29, 1.82) is 0 Å². The van der Waals surface area contributed by atoms with E-state index in [1.165, 1.54) is 24.3 Å². The molecule has 9 heteroatoms. The third-order valence-electron chi connectivity index (χ3n) is 4.00. The second-order valence-corrected chi connectivity index (χ2v) is 10.1. The molecule has 0 amide bonds. The second kappa shape index (κ2) is 9.82. The van der Waals surface area contributed by atoms with Crippen LogP contribution in [0.3, 0.4) is 0 Å². The zero-order chi connectivity index (χ0) is 21.7. The normalized spacial score (nSPS) is 14.5. The molecular weight excluding hydrogens is 416 g/mol. The Kier molecular flexibility index (Phi) is 7.95. The van der Waals surface area contributed by atoms with Crippen LogP contribution in [0.2, 0.25) is 0 Å². The van der Waals surface area contributed by atoms with E-state index in [0.29, 0.717) is 0 Å². The van der Waals surface area contributed by atoms with Crippen molar-refractivity contribution in [2.24, 2.45) is 0 Å². The highest BCUT2D eigenvalue weighted by atomic mass is 32.2. The van der Waals surface area contributed by atoms with E-state index in [1.54, 1.807) is 38.1 Å². The van der Waals surface area contributed by atoms with E-state index in [4.69, 9.17) is 13.1 Å². The number of hydrogen-bond donors (Lipinski definition) is 0. The van der Waals surface area contributed by atoms with E-state index in [1.807, 2.05) is 13.8 Å². The van der Waals surface area contributed by atoms with Gasteiger partial charge in [-0.05, 0) is 52.0 Å². The zero-order valence-electron chi connectivity index (χ0n) is 16.9. The molecule has 0 saturated carbocycles. The number of hydrogen-bond acceptors (Lipinski definition) is 7. The molecule has 2 aromatic rings. The third-order valence-corrected chi connectivity index (χ3v) is 6.59.